The maximum Gasteiger partial charge on any atom is 0.184 e. The Balaban J connectivity index is 2.13. The van der Waals surface area contributed by atoms with E-state index >= 15 is 0 Å². The van der Waals surface area contributed by atoms with Crippen LogP contribution < -0.4 is 0 Å². The standard InChI is InChI=1S/C18H27NO/c1-18(2,3)15(13-14-9-5-4-6-10-14)17(20)16-11-7-8-12-19-16/h7-8,11-12,14-15H,4-6,9-10,13H2,1-3H3. The molecular weight excluding hydrogens is 246 g/mol. The first kappa shape index (κ1) is 15.2. The van der Waals surface area contributed by atoms with E-state index in [1.165, 1.54) is 32.1 Å². The summed E-state index contributed by atoms with van der Waals surface area (Å²) in [7, 11) is 0. The number of hydrogen-bond acceptors (Lipinski definition) is 2. The minimum absolute atomic E-state index is 0.00600. The fourth-order valence-electron chi connectivity index (χ4n) is 3.30. The third-order valence-corrected chi connectivity index (χ3v) is 4.57. The van der Waals surface area contributed by atoms with E-state index in [-0.39, 0.29) is 17.1 Å². The van der Waals surface area contributed by atoms with Crippen LogP contribution in [0.15, 0.2) is 24.4 Å². The van der Waals surface area contributed by atoms with Crippen molar-refractivity contribution in [2.24, 2.45) is 17.3 Å². The molecule has 1 aromatic heterocycles. The van der Waals surface area contributed by atoms with Gasteiger partial charge in [-0.2, -0.15) is 0 Å². The molecule has 2 rings (SSSR count). The van der Waals surface area contributed by atoms with E-state index < -0.39 is 0 Å². The average molecular weight is 273 g/mol. The number of rotatable bonds is 4. The monoisotopic (exact) mass is 273 g/mol. The van der Waals surface area contributed by atoms with Crippen LogP contribution in [0.4, 0.5) is 0 Å². The van der Waals surface area contributed by atoms with Crippen molar-refractivity contribution in [3.05, 3.63) is 30.1 Å². The lowest BCUT2D eigenvalue weighted by molar-refractivity contribution is 0.0755. The van der Waals surface area contributed by atoms with Gasteiger partial charge in [0, 0.05) is 12.1 Å². The second kappa shape index (κ2) is 6.51. The van der Waals surface area contributed by atoms with Gasteiger partial charge in [0.15, 0.2) is 5.78 Å². The molecule has 2 nitrogen and oxygen atoms in total. The van der Waals surface area contributed by atoms with Gasteiger partial charge in [0.1, 0.15) is 5.69 Å². The van der Waals surface area contributed by atoms with Crippen molar-refractivity contribution in [1.82, 2.24) is 4.98 Å². The minimum atomic E-state index is 0.00600. The van der Waals surface area contributed by atoms with Gasteiger partial charge in [-0.3, -0.25) is 9.78 Å². The fraction of sp³-hybridized carbons (Fsp3) is 0.667. The first-order valence-electron chi connectivity index (χ1n) is 7.93. The Bertz CT molecular complexity index is 426. The van der Waals surface area contributed by atoms with E-state index in [1.807, 2.05) is 18.2 Å². The molecule has 110 valence electrons. The maximum atomic E-state index is 12.8. The van der Waals surface area contributed by atoms with E-state index in [1.54, 1.807) is 6.20 Å². The van der Waals surface area contributed by atoms with Crippen molar-refractivity contribution < 1.29 is 4.79 Å². The quantitative estimate of drug-likeness (QED) is 0.730. The first-order valence-corrected chi connectivity index (χ1v) is 7.93. The SMILES string of the molecule is CC(C)(C)C(CC1CCCCC1)C(=O)c1ccccn1. The van der Waals surface area contributed by atoms with Crippen LogP contribution in [0.5, 0.6) is 0 Å². The molecule has 1 aliphatic rings. The zero-order valence-electron chi connectivity index (χ0n) is 13.1. The van der Waals surface area contributed by atoms with E-state index in [2.05, 4.69) is 25.8 Å². The highest BCUT2D eigenvalue weighted by Crippen LogP contribution is 2.38. The van der Waals surface area contributed by atoms with Crippen LogP contribution in [-0.2, 0) is 0 Å². The minimum Gasteiger partial charge on any atom is -0.292 e. The predicted molar refractivity (Wildman–Crippen MR) is 82.7 cm³/mol. The number of carbonyl (C=O) groups excluding carboxylic acids is 1. The fourth-order valence-corrected chi connectivity index (χ4v) is 3.30. The van der Waals surface area contributed by atoms with Gasteiger partial charge in [0.05, 0.1) is 0 Å². The van der Waals surface area contributed by atoms with Crippen molar-refractivity contribution in [3.8, 4) is 0 Å². The molecular formula is C18H27NO. The van der Waals surface area contributed by atoms with Gasteiger partial charge in [-0.1, -0.05) is 58.9 Å². The van der Waals surface area contributed by atoms with Crippen molar-refractivity contribution in [1.29, 1.82) is 0 Å². The third kappa shape index (κ3) is 3.91. The van der Waals surface area contributed by atoms with Crippen LogP contribution >= 0.6 is 0 Å². The highest BCUT2D eigenvalue weighted by molar-refractivity contribution is 5.96. The molecule has 1 saturated carbocycles. The largest absolute Gasteiger partial charge is 0.292 e. The Morgan fingerprint density at radius 2 is 1.95 bits per heavy atom. The highest BCUT2D eigenvalue weighted by Gasteiger charge is 2.34. The molecule has 20 heavy (non-hydrogen) atoms. The Morgan fingerprint density at radius 3 is 2.50 bits per heavy atom. The lowest BCUT2D eigenvalue weighted by Gasteiger charge is -2.33. The molecule has 0 aliphatic heterocycles. The number of ketones is 1. The molecule has 0 spiro atoms. The molecule has 2 heteroatoms. The molecule has 1 aliphatic carbocycles. The van der Waals surface area contributed by atoms with Crippen molar-refractivity contribution in [2.75, 3.05) is 0 Å². The van der Waals surface area contributed by atoms with Gasteiger partial charge >= 0.3 is 0 Å². The van der Waals surface area contributed by atoms with Gasteiger partial charge in [-0.25, -0.2) is 0 Å². The van der Waals surface area contributed by atoms with Crippen LogP contribution in [0.3, 0.4) is 0 Å². The van der Waals surface area contributed by atoms with Crippen molar-refractivity contribution >= 4 is 5.78 Å². The molecule has 0 bridgehead atoms. The molecule has 1 fully saturated rings. The van der Waals surface area contributed by atoms with E-state index in [0.717, 1.165) is 12.3 Å². The summed E-state index contributed by atoms with van der Waals surface area (Å²) in [6.45, 7) is 6.55. The second-order valence-corrected chi connectivity index (χ2v) is 7.24. The third-order valence-electron chi connectivity index (χ3n) is 4.57. The van der Waals surface area contributed by atoms with Gasteiger partial charge in [0.2, 0.25) is 0 Å². The number of Topliss-reactive ketones (excluding diaryl/α,β-unsaturated/α-hetero) is 1. The van der Waals surface area contributed by atoms with Crippen LogP contribution in [0.25, 0.3) is 0 Å². The molecule has 1 aromatic rings. The van der Waals surface area contributed by atoms with Gasteiger partial charge in [-0.15, -0.1) is 0 Å². The van der Waals surface area contributed by atoms with Gasteiger partial charge < -0.3 is 0 Å². The summed E-state index contributed by atoms with van der Waals surface area (Å²) in [6.07, 6.45) is 9.36. The summed E-state index contributed by atoms with van der Waals surface area (Å²) >= 11 is 0. The number of nitrogens with zero attached hydrogens (tertiary/aromatic N) is 1. The van der Waals surface area contributed by atoms with Crippen molar-refractivity contribution in [2.45, 2.75) is 59.3 Å². The zero-order chi connectivity index (χ0) is 14.6. The summed E-state index contributed by atoms with van der Waals surface area (Å²) in [5.74, 6) is 1.03. The smallest absolute Gasteiger partial charge is 0.184 e. The Labute approximate surface area is 123 Å². The number of hydrogen-bond donors (Lipinski definition) is 0. The number of pyridine rings is 1. The van der Waals surface area contributed by atoms with Crippen molar-refractivity contribution in [3.63, 3.8) is 0 Å². The predicted octanol–water partition coefficient (Wildman–Crippen LogP) is 4.90. The number of aromatic nitrogens is 1. The van der Waals surface area contributed by atoms with E-state index in [0.29, 0.717) is 5.69 Å². The lowest BCUT2D eigenvalue weighted by Crippen LogP contribution is -2.31. The zero-order valence-corrected chi connectivity index (χ0v) is 13.1. The van der Waals surface area contributed by atoms with Crippen LogP contribution in [0.2, 0.25) is 0 Å². The molecule has 1 heterocycles. The Hall–Kier alpha value is -1.18. The highest BCUT2D eigenvalue weighted by atomic mass is 16.1. The molecule has 1 atom stereocenters. The normalized spacial score (nSPS) is 18.8. The van der Waals surface area contributed by atoms with Crippen LogP contribution in [-0.4, -0.2) is 10.8 Å². The van der Waals surface area contributed by atoms with Crippen LogP contribution in [0.1, 0.15) is 69.8 Å². The van der Waals surface area contributed by atoms with Gasteiger partial charge in [-0.05, 0) is 29.9 Å². The molecule has 1 unspecified atom stereocenters. The summed E-state index contributed by atoms with van der Waals surface area (Å²) < 4.78 is 0. The van der Waals surface area contributed by atoms with E-state index in [9.17, 15) is 4.79 Å². The molecule has 0 amide bonds. The molecule has 0 radical (unpaired) electrons. The summed E-state index contributed by atoms with van der Waals surface area (Å²) in [5, 5.41) is 0. The molecule has 0 N–H and O–H groups in total. The second-order valence-electron chi connectivity index (χ2n) is 7.24. The lowest BCUT2D eigenvalue weighted by atomic mass is 9.70. The number of carbonyl (C=O) groups is 1. The maximum absolute atomic E-state index is 12.8. The Morgan fingerprint density at radius 1 is 1.25 bits per heavy atom. The van der Waals surface area contributed by atoms with E-state index in [4.69, 9.17) is 0 Å². The van der Waals surface area contributed by atoms with Gasteiger partial charge in [0.25, 0.3) is 0 Å². The van der Waals surface area contributed by atoms with Crippen LogP contribution in [0, 0.1) is 17.3 Å². The summed E-state index contributed by atoms with van der Waals surface area (Å²) in [6, 6.07) is 5.62. The first-order chi connectivity index (χ1) is 9.48. The summed E-state index contributed by atoms with van der Waals surface area (Å²) in [4.78, 5) is 17.1. The topological polar surface area (TPSA) is 30.0 Å². The molecule has 0 aromatic carbocycles. The Kier molecular flexibility index (Phi) is 4.95. The summed E-state index contributed by atoms with van der Waals surface area (Å²) in [5.41, 5.74) is 0.634. The molecule has 0 saturated heterocycles. The average Bonchev–Trinajstić information content (AvgIpc) is 2.45.